The molecule has 0 radical (unpaired) electrons. The Hall–Kier alpha value is -2.30. The SMILES string of the molecule is Cc1ccc(N2CN(C3CCCCCC3)C3=NN=CC3=C2N)cc1. The summed E-state index contributed by atoms with van der Waals surface area (Å²) < 4.78 is 0. The van der Waals surface area contributed by atoms with Crippen LogP contribution in [0.15, 0.2) is 45.9 Å². The highest BCUT2D eigenvalue weighted by Gasteiger charge is 2.35. The summed E-state index contributed by atoms with van der Waals surface area (Å²) in [6, 6.07) is 9.08. The Morgan fingerprint density at radius 1 is 1.04 bits per heavy atom. The average Bonchev–Trinajstić information content (AvgIpc) is 2.93. The molecule has 1 saturated carbocycles. The van der Waals surface area contributed by atoms with Crippen molar-refractivity contribution in [3.05, 3.63) is 41.2 Å². The van der Waals surface area contributed by atoms with Gasteiger partial charge >= 0.3 is 0 Å². The van der Waals surface area contributed by atoms with Gasteiger partial charge in [-0.2, -0.15) is 5.10 Å². The molecule has 0 bridgehead atoms. The number of rotatable bonds is 2. The molecule has 2 heterocycles. The molecule has 0 amide bonds. The van der Waals surface area contributed by atoms with Crippen molar-refractivity contribution in [1.29, 1.82) is 0 Å². The van der Waals surface area contributed by atoms with Gasteiger partial charge in [-0.25, -0.2) is 0 Å². The first-order chi connectivity index (χ1) is 11.7. The summed E-state index contributed by atoms with van der Waals surface area (Å²) in [6.07, 6.45) is 9.55. The number of benzene rings is 1. The van der Waals surface area contributed by atoms with Crippen LogP contribution in [0.25, 0.3) is 0 Å². The number of hydrogen-bond acceptors (Lipinski definition) is 5. The fourth-order valence-electron chi connectivity index (χ4n) is 3.89. The third-order valence-electron chi connectivity index (χ3n) is 5.32. The van der Waals surface area contributed by atoms with Crippen molar-refractivity contribution >= 4 is 17.7 Å². The molecule has 24 heavy (non-hydrogen) atoms. The molecule has 126 valence electrons. The number of nitrogens with two attached hydrogens (primary N) is 1. The van der Waals surface area contributed by atoms with Crippen LogP contribution in [0, 0.1) is 6.92 Å². The lowest BCUT2D eigenvalue weighted by atomic mass is 10.0. The second-order valence-electron chi connectivity index (χ2n) is 6.99. The predicted molar refractivity (Wildman–Crippen MR) is 99.0 cm³/mol. The van der Waals surface area contributed by atoms with Crippen molar-refractivity contribution in [3.8, 4) is 0 Å². The lowest BCUT2D eigenvalue weighted by molar-refractivity contribution is 0.281. The molecule has 5 nitrogen and oxygen atoms in total. The van der Waals surface area contributed by atoms with Crippen LogP contribution < -0.4 is 10.6 Å². The highest BCUT2D eigenvalue weighted by molar-refractivity contribution is 6.19. The molecular weight excluding hydrogens is 298 g/mol. The summed E-state index contributed by atoms with van der Waals surface area (Å²) >= 11 is 0. The molecule has 0 saturated heterocycles. The normalized spacial score (nSPS) is 21.8. The Kier molecular flexibility index (Phi) is 4.00. The van der Waals surface area contributed by atoms with E-state index in [1.165, 1.54) is 44.1 Å². The van der Waals surface area contributed by atoms with Gasteiger partial charge in [-0.05, 0) is 31.9 Å². The molecule has 2 N–H and O–H groups in total. The number of anilines is 1. The smallest absolute Gasteiger partial charge is 0.165 e. The zero-order valence-electron chi connectivity index (χ0n) is 14.3. The molecule has 1 fully saturated rings. The molecule has 1 aliphatic carbocycles. The molecule has 3 aliphatic rings. The second-order valence-corrected chi connectivity index (χ2v) is 6.99. The molecule has 1 aromatic rings. The van der Waals surface area contributed by atoms with Crippen molar-refractivity contribution in [2.75, 3.05) is 11.6 Å². The molecule has 1 aromatic carbocycles. The van der Waals surface area contributed by atoms with E-state index in [4.69, 9.17) is 5.73 Å². The third-order valence-corrected chi connectivity index (χ3v) is 5.32. The Morgan fingerprint density at radius 2 is 1.75 bits per heavy atom. The van der Waals surface area contributed by atoms with E-state index >= 15 is 0 Å². The van der Waals surface area contributed by atoms with Crippen molar-refractivity contribution in [3.63, 3.8) is 0 Å². The maximum absolute atomic E-state index is 6.46. The Labute approximate surface area is 143 Å². The van der Waals surface area contributed by atoms with Gasteiger partial charge in [0, 0.05) is 11.7 Å². The Morgan fingerprint density at radius 3 is 2.46 bits per heavy atom. The first-order valence-corrected chi connectivity index (χ1v) is 8.96. The zero-order valence-corrected chi connectivity index (χ0v) is 14.3. The van der Waals surface area contributed by atoms with E-state index in [-0.39, 0.29) is 0 Å². The van der Waals surface area contributed by atoms with Gasteiger partial charge in [0.05, 0.1) is 18.5 Å². The van der Waals surface area contributed by atoms with E-state index in [0.717, 1.165) is 29.6 Å². The first-order valence-electron chi connectivity index (χ1n) is 8.96. The van der Waals surface area contributed by atoms with Gasteiger partial charge in [-0.15, -0.1) is 5.10 Å². The second kappa shape index (κ2) is 6.30. The molecule has 0 atom stereocenters. The molecular formula is C19H25N5. The van der Waals surface area contributed by atoms with Gasteiger partial charge in [0.15, 0.2) is 5.84 Å². The van der Waals surface area contributed by atoms with Crippen molar-refractivity contribution in [1.82, 2.24) is 4.90 Å². The van der Waals surface area contributed by atoms with E-state index < -0.39 is 0 Å². The maximum atomic E-state index is 6.46. The van der Waals surface area contributed by atoms with E-state index in [1.807, 2.05) is 0 Å². The van der Waals surface area contributed by atoms with Crippen LogP contribution in [0.3, 0.4) is 0 Å². The highest BCUT2D eigenvalue weighted by atomic mass is 15.4. The molecule has 2 aliphatic heterocycles. The van der Waals surface area contributed by atoms with Crippen LogP contribution in [0.5, 0.6) is 0 Å². The largest absolute Gasteiger partial charge is 0.384 e. The van der Waals surface area contributed by atoms with E-state index in [9.17, 15) is 0 Å². The van der Waals surface area contributed by atoms with E-state index in [0.29, 0.717) is 6.04 Å². The maximum Gasteiger partial charge on any atom is 0.165 e. The monoisotopic (exact) mass is 323 g/mol. The predicted octanol–water partition coefficient (Wildman–Crippen LogP) is 3.37. The average molecular weight is 323 g/mol. The molecule has 0 unspecified atom stereocenters. The van der Waals surface area contributed by atoms with Gasteiger partial charge in [0.1, 0.15) is 5.82 Å². The number of hydrogen-bond donors (Lipinski definition) is 1. The third kappa shape index (κ3) is 2.68. The Balaban J connectivity index is 1.68. The van der Waals surface area contributed by atoms with Gasteiger partial charge in [-0.1, -0.05) is 43.4 Å². The van der Waals surface area contributed by atoms with E-state index in [2.05, 4.69) is 51.2 Å². The summed E-state index contributed by atoms with van der Waals surface area (Å²) in [6.45, 7) is 2.86. The fraction of sp³-hybridized carbons (Fsp3) is 0.474. The molecule has 5 heteroatoms. The lowest BCUT2D eigenvalue weighted by Crippen LogP contribution is -2.53. The topological polar surface area (TPSA) is 57.2 Å². The quantitative estimate of drug-likeness (QED) is 0.849. The first kappa shape index (κ1) is 15.2. The minimum atomic E-state index is 0.531. The van der Waals surface area contributed by atoms with Crippen molar-refractivity contribution in [2.24, 2.45) is 15.9 Å². The van der Waals surface area contributed by atoms with Crippen LogP contribution in [-0.4, -0.2) is 29.7 Å². The summed E-state index contributed by atoms with van der Waals surface area (Å²) in [5.74, 6) is 1.71. The van der Waals surface area contributed by atoms with Crippen molar-refractivity contribution < 1.29 is 0 Å². The van der Waals surface area contributed by atoms with E-state index in [1.54, 1.807) is 6.21 Å². The lowest BCUT2D eigenvalue weighted by Gasteiger charge is -2.42. The molecule has 0 aromatic heterocycles. The van der Waals surface area contributed by atoms with Gasteiger partial charge in [0.2, 0.25) is 0 Å². The van der Waals surface area contributed by atoms with Crippen LogP contribution in [0.2, 0.25) is 0 Å². The van der Waals surface area contributed by atoms with Gasteiger partial charge in [-0.3, -0.25) is 0 Å². The Bertz CT molecular complexity index is 693. The standard InChI is InChI=1S/C19H25N5/c1-14-8-10-16(11-9-14)23-13-24(15-6-4-2-3-5-7-15)19-17(18(23)20)12-21-22-19/h8-12,15H,2-7,13,20H2,1H3. The summed E-state index contributed by atoms with van der Waals surface area (Å²) in [7, 11) is 0. The number of nitrogens with zero attached hydrogens (tertiary/aromatic N) is 4. The number of amidine groups is 1. The van der Waals surface area contributed by atoms with Crippen LogP contribution in [0.1, 0.15) is 44.1 Å². The van der Waals surface area contributed by atoms with Gasteiger partial charge < -0.3 is 15.5 Å². The fourth-order valence-corrected chi connectivity index (χ4v) is 3.89. The van der Waals surface area contributed by atoms with Gasteiger partial charge in [0.25, 0.3) is 0 Å². The summed E-state index contributed by atoms with van der Waals surface area (Å²) in [5.41, 5.74) is 9.81. The summed E-state index contributed by atoms with van der Waals surface area (Å²) in [5, 5.41) is 8.53. The van der Waals surface area contributed by atoms with Crippen molar-refractivity contribution in [2.45, 2.75) is 51.5 Å². The van der Waals surface area contributed by atoms with Crippen LogP contribution in [0.4, 0.5) is 5.69 Å². The van der Waals surface area contributed by atoms with Crippen LogP contribution >= 0.6 is 0 Å². The zero-order chi connectivity index (χ0) is 16.5. The van der Waals surface area contributed by atoms with Crippen LogP contribution in [-0.2, 0) is 0 Å². The minimum Gasteiger partial charge on any atom is -0.384 e. The molecule has 4 rings (SSSR count). The number of fused-ring (bicyclic) bond motifs is 1. The molecule has 0 spiro atoms. The minimum absolute atomic E-state index is 0.531. The highest BCUT2D eigenvalue weighted by Crippen LogP contribution is 2.31. The number of aryl methyl sites for hydroxylation is 1. The summed E-state index contributed by atoms with van der Waals surface area (Å²) in [4.78, 5) is 4.61.